The van der Waals surface area contributed by atoms with Crippen LogP contribution in [0.25, 0.3) is 22.0 Å². The van der Waals surface area contributed by atoms with Crippen molar-refractivity contribution in [3.63, 3.8) is 0 Å². The van der Waals surface area contributed by atoms with Gasteiger partial charge >= 0.3 is 5.97 Å². The molecule has 33 heavy (non-hydrogen) atoms. The number of carbonyl (C=O) groups excluding carboxylic acids is 2. The summed E-state index contributed by atoms with van der Waals surface area (Å²) in [4.78, 5) is 24.5. The number of aromatic nitrogens is 6. The molecule has 5 rings (SSSR count). The maximum atomic E-state index is 12.8. The van der Waals surface area contributed by atoms with E-state index in [0.29, 0.717) is 28.9 Å². The maximum Gasteiger partial charge on any atom is 0.337 e. The molecule has 0 spiro atoms. The Hall–Kier alpha value is -4.73. The van der Waals surface area contributed by atoms with Gasteiger partial charge in [0.1, 0.15) is 0 Å². The minimum atomic E-state index is -0.395. The molecule has 0 aliphatic heterocycles. The number of aromatic amines is 2. The number of rotatable bonds is 6. The van der Waals surface area contributed by atoms with E-state index < -0.39 is 5.97 Å². The van der Waals surface area contributed by atoms with Gasteiger partial charge in [0.05, 0.1) is 42.8 Å². The van der Waals surface area contributed by atoms with Crippen LogP contribution in [0, 0.1) is 0 Å². The monoisotopic (exact) mass is 441 g/mol. The highest BCUT2D eigenvalue weighted by molar-refractivity contribution is 6.11. The van der Waals surface area contributed by atoms with Gasteiger partial charge in [0, 0.05) is 23.3 Å². The Morgan fingerprint density at radius 2 is 2.03 bits per heavy atom. The first-order chi connectivity index (χ1) is 16.1. The average molecular weight is 441 g/mol. The van der Waals surface area contributed by atoms with Gasteiger partial charge in [0.25, 0.3) is 5.91 Å². The predicted octanol–water partition coefficient (Wildman–Crippen LogP) is 3.24. The number of H-pyrrole nitrogens is 2. The number of hydrogen-bond acceptors (Lipinski definition) is 6. The SMILES string of the molecule is COC(=O)c1cccc(Cn2cc(NC(=O)c3n[nH]c4cc(-c5cn[nH]c5)ccc34)cn2)c1. The Balaban J connectivity index is 1.30. The van der Waals surface area contributed by atoms with Gasteiger partial charge in [-0.3, -0.25) is 19.7 Å². The molecule has 1 amide bonds. The second kappa shape index (κ2) is 8.42. The average Bonchev–Trinajstić information content (AvgIpc) is 3.59. The van der Waals surface area contributed by atoms with Crippen LogP contribution in [0.15, 0.2) is 67.3 Å². The van der Waals surface area contributed by atoms with Crippen LogP contribution in [-0.2, 0) is 11.3 Å². The van der Waals surface area contributed by atoms with Gasteiger partial charge in [-0.05, 0) is 35.4 Å². The molecule has 0 bridgehead atoms. The zero-order chi connectivity index (χ0) is 22.8. The van der Waals surface area contributed by atoms with Crippen LogP contribution in [0.1, 0.15) is 26.4 Å². The highest BCUT2D eigenvalue weighted by atomic mass is 16.5. The maximum absolute atomic E-state index is 12.8. The van der Waals surface area contributed by atoms with Crippen molar-refractivity contribution in [3.05, 3.63) is 84.1 Å². The molecule has 0 unspecified atom stereocenters. The second-order valence-electron chi connectivity index (χ2n) is 7.39. The second-order valence-corrected chi connectivity index (χ2v) is 7.39. The Morgan fingerprint density at radius 1 is 1.12 bits per heavy atom. The number of nitrogens with one attached hydrogen (secondary N) is 3. The normalized spacial score (nSPS) is 10.9. The lowest BCUT2D eigenvalue weighted by Gasteiger charge is -2.04. The van der Waals surface area contributed by atoms with E-state index in [4.69, 9.17) is 4.74 Å². The van der Waals surface area contributed by atoms with E-state index in [1.54, 1.807) is 47.7 Å². The van der Waals surface area contributed by atoms with Gasteiger partial charge in [-0.25, -0.2) is 4.79 Å². The molecule has 3 N–H and O–H groups in total. The van der Waals surface area contributed by atoms with Crippen LogP contribution >= 0.6 is 0 Å². The molecule has 10 heteroatoms. The van der Waals surface area contributed by atoms with Crippen molar-refractivity contribution in [1.29, 1.82) is 0 Å². The number of nitrogens with zero attached hydrogens (tertiary/aromatic N) is 4. The summed E-state index contributed by atoms with van der Waals surface area (Å²) in [5, 5.41) is 21.7. The molecule has 3 heterocycles. The summed E-state index contributed by atoms with van der Waals surface area (Å²) >= 11 is 0. The zero-order valence-corrected chi connectivity index (χ0v) is 17.6. The largest absolute Gasteiger partial charge is 0.465 e. The Kier molecular flexibility index (Phi) is 5.15. The first-order valence-electron chi connectivity index (χ1n) is 10.1. The van der Waals surface area contributed by atoms with Gasteiger partial charge in [0.15, 0.2) is 5.69 Å². The van der Waals surface area contributed by atoms with Crippen molar-refractivity contribution in [2.75, 3.05) is 12.4 Å². The molecule has 0 saturated heterocycles. The lowest BCUT2D eigenvalue weighted by molar-refractivity contribution is 0.0600. The van der Waals surface area contributed by atoms with Crippen molar-refractivity contribution >= 4 is 28.5 Å². The van der Waals surface area contributed by atoms with Crippen molar-refractivity contribution in [2.45, 2.75) is 6.54 Å². The molecule has 3 aromatic heterocycles. The molecular weight excluding hydrogens is 422 g/mol. The lowest BCUT2D eigenvalue weighted by atomic mass is 10.1. The first-order valence-corrected chi connectivity index (χ1v) is 10.1. The topological polar surface area (TPSA) is 131 Å². The molecule has 0 aliphatic rings. The Labute approximate surface area is 187 Å². The summed E-state index contributed by atoms with van der Waals surface area (Å²) in [6, 6.07) is 12.8. The minimum Gasteiger partial charge on any atom is -0.465 e. The summed E-state index contributed by atoms with van der Waals surface area (Å²) in [6.07, 6.45) is 6.81. The molecule has 10 nitrogen and oxygen atoms in total. The van der Waals surface area contributed by atoms with Crippen LogP contribution in [-0.4, -0.2) is 49.2 Å². The van der Waals surface area contributed by atoms with E-state index in [-0.39, 0.29) is 5.91 Å². The van der Waals surface area contributed by atoms with Crippen molar-refractivity contribution in [3.8, 4) is 11.1 Å². The van der Waals surface area contributed by atoms with E-state index >= 15 is 0 Å². The molecule has 0 atom stereocenters. The number of hydrogen-bond donors (Lipinski definition) is 3. The van der Waals surface area contributed by atoms with E-state index in [1.165, 1.54) is 7.11 Å². The summed E-state index contributed by atoms with van der Waals surface area (Å²) in [7, 11) is 1.35. The van der Waals surface area contributed by atoms with E-state index in [1.807, 2.05) is 24.3 Å². The molecular formula is C23H19N7O3. The minimum absolute atomic E-state index is 0.294. The Morgan fingerprint density at radius 3 is 2.85 bits per heavy atom. The molecule has 5 aromatic rings. The van der Waals surface area contributed by atoms with E-state index in [0.717, 1.165) is 22.2 Å². The van der Waals surface area contributed by atoms with Crippen LogP contribution in [0.2, 0.25) is 0 Å². The molecule has 0 saturated carbocycles. The standard InChI is InChI=1S/C23H19N7O3/c1-33-23(32)16-4-2-3-14(7-16)12-30-13-18(11-26-30)27-22(31)21-19-6-5-15(8-20(19)28-29-21)17-9-24-25-10-17/h2-11,13H,12H2,1H3,(H,24,25)(H,27,31)(H,28,29). The number of fused-ring (bicyclic) bond motifs is 1. The number of benzene rings is 2. The van der Waals surface area contributed by atoms with Crippen molar-refractivity contribution < 1.29 is 14.3 Å². The summed E-state index contributed by atoms with van der Waals surface area (Å²) < 4.78 is 6.43. The first kappa shape index (κ1) is 20.2. The highest BCUT2D eigenvalue weighted by Gasteiger charge is 2.16. The van der Waals surface area contributed by atoms with Crippen LogP contribution in [0.4, 0.5) is 5.69 Å². The van der Waals surface area contributed by atoms with Crippen LogP contribution < -0.4 is 5.32 Å². The van der Waals surface area contributed by atoms with Crippen molar-refractivity contribution in [1.82, 2.24) is 30.2 Å². The summed E-state index contributed by atoms with van der Waals surface area (Å²) in [5.74, 6) is -0.738. The Bertz CT molecular complexity index is 1450. The van der Waals surface area contributed by atoms with Crippen LogP contribution in [0.5, 0.6) is 0 Å². The third-order valence-corrected chi connectivity index (χ3v) is 5.19. The van der Waals surface area contributed by atoms with Gasteiger partial charge in [-0.2, -0.15) is 15.3 Å². The molecule has 0 radical (unpaired) electrons. The zero-order valence-electron chi connectivity index (χ0n) is 17.6. The van der Waals surface area contributed by atoms with Gasteiger partial charge < -0.3 is 10.1 Å². The van der Waals surface area contributed by atoms with Crippen molar-refractivity contribution in [2.24, 2.45) is 0 Å². The van der Waals surface area contributed by atoms with E-state index in [2.05, 4.69) is 30.8 Å². The molecule has 2 aromatic carbocycles. The predicted molar refractivity (Wildman–Crippen MR) is 121 cm³/mol. The summed E-state index contributed by atoms with van der Waals surface area (Å²) in [6.45, 7) is 0.433. The highest BCUT2D eigenvalue weighted by Crippen LogP contribution is 2.24. The van der Waals surface area contributed by atoms with Gasteiger partial charge in [-0.1, -0.05) is 18.2 Å². The third kappa shape index (κ3) is 4.09. The molecule has 0 fully saturated rings. The number of carbonyl (C=O) groups is 2. The van der Waals surface area contributed by atoms with E-state index in [9.17, 15) is 9.59 Å². The third-order valence-electron chi connectivity index (χ3n) is 5.19. The molecule has 0 aliphatic carbocycles. The van der Waals surface area contributed by atoms with Gasteiger partial charge in [-0.15, -0.1) is 0 Å². The number of esters is 1. The quantitative estimate of drug-likeness (QED) is 0.347. The fourth-order valence-electron chi connectivity index (χ4n) is 3.59. The summed E-state index contributed by atoms with van der Waals surface area (Å²) in [5.41, 5.74) is 4.84. The van der Waals surface area contributed by atoms with Crippen LogP contribution in [0.3, 0.4) is 0 Å². The smallest absolute Gasteiger partial charge is 0.337 e. The number of ether oxygens (including phenoxy) is 1. The fourth-order valence-corrected chi connectivity index (χ4v) is 3.59. The fraction of sp³-hybridized carbons (Fsp3) is 0.0870. The number of amides is 1. The number of methoxy groups -OCH3 is 1. The lowest BCUT2D eigenvalue weighted by Crippen LogP contribution is -2.12. The number of anilines is 1. The van der Waals surface area contributed by atoms with Gasteiger partial charge in [0.2, 0.25) is 0 Å². The molecule has 164 valence electrons.